The van der Waals surface area contributed by atoms with Gasteiger partial charge in [-0.1, -0.05) is 0 Å². The molecule has 1 aliphatic heterocycles. The molecule has 0 radical (unpaired) electrons. The number of ether oxygens (including phenoxy) is 8. The van der Waals surface area contributed by atoms with Crippen LogP contribution in [0.3, 0.4) is 0 Å². The minimum absolute atomic E-state index is 0.00519. The van der Waals surface area contributed by atoms with Gasteiger partial charge in [0.05, 0.1) is 48.2 Å². The first-order valence-corrected chi connectivity index (χ1v) is 12.6. The SMILES string of the molecule is COC(=O)/C(=C(/Cc1cc(OC)c(OC)c(OC)c1)C(=O)c1ccc(OC)c(C)c1)c1cc(OC)c2c(c1)OCO2. The van der Waals surface area contributed by atoms with Crippen LogP contribution < -0.4 is 33.2 Å². The molecule has 3 aromatic rings. The molecule has 1 aliphatic rings. The van der Waals surface area contributed by atoms with Crippen LogP contribution in [0.25, 0.3) is 5.57 Å². The molecule has 10 nitrogen and oxygen atoms in total. The number of fused-ring (bicyclic) bond motifs is 1. The lowest BCUT2D eigenvalue weighted by molar-refractivity contribution is -0.133. The van der Waals surface area contributed by atoms with Gasteiger partial charge in [0.1, 0.15) is 5.75 Å². The zero-order chi connectivity index (χ0) is 29.7. The van der Waals surface area contributed by atoms with Gasteiger partial charge in [-0.25, -0.2) is 4.79 Å². The van der Waals surface area contributed by atoms with Crippen molar-refractivity contribution < 1.29 is 47.5 Å². The molecule has 10 heteroatoms. The third-order valence-electron chi connectivity index (χ3n) is 6.67. The molecule has 0 atom stereocenters. The average molecular weight is 565 g/mol. The van der Waals surface area contributed by atoms with E-state index in [4.69, 9.17) is 37.9 Å². The van der Waals surface area contributed by atoms with Gasteiger partial charge < -0.3 is 37.9 Å². The Morgan fingerprint density at radius 1 is 0.732 bits per heavy atom. The highest BCUT2D eigenvalue weighted by atomic mass is 16.7. The van der Waals surface area contributed by atoms with Crippen LogP contribution in [-0.4, -0.2) is 61.2 Å². The van der Waals surface area contributed by atoms with E-state index < -0.39 is 5.97 Å². The van der Waals surface area contributed by atoms with Crippen molar-refractivity contribution in [1.29, 1.82) is 0 Å². The van der Waals surface area contributed by atoms with Crippen LogP contribution in [0, 0.1) is 6.92 Å². The molecule has 0 unspecified atom stereocenters. The van der Waals surface area contributed by atoms with Crippen molar-refractivity contribution in [1.82, 2.24) is 0 Å². The van der Waals surface area contributed by atoms with Crippen molar-refractivity contribution in [3.63, 3.8) is 0 Å². The number of aryl methyl sites for hydroxylation is 1. The maximum Gasteiger partial charge on any atom is 0.338 e. The molecule has 0 aromatic heterocycles. The van der Waals surface area contributed by atoms with E-state index in [1.807, 2.05) is 6.92 Å². The van der Waals surface area contributed by atoms with Gasteiger partial charge in [0.15, 0.2) is 28.8 Å². The fraction of sp³-hybridized carbons (Fsp3) is 0.290. The standard InChI is InChI=1S/C31H32O10/c1-17-10-19(8-9-22(17)34-2)28(32)21(11-18-12-23(35-3)29(38-6)24(13-18)36-4)27(31(33)39-7)20-14-25(37-5)30-26(15-20)40-16-41-30/h8-10,12-15H,11,16H2,1-7H3/b27-21-. The lowest BCUT2D eigenvalue weighted by Crippen LogP contribution is -2.16. The Morgan fingerprint density at radius 2 is 1.39 bits per heavy atom. The maximum atomic E-state index is 14.3. The fourth-order valence-corrected chi connectivity index (χ4v) is 4.71. The van der Waals surface area contributed by atoms with Gasteiger partial charge in [0.25, 0.3) is 0 Å². The van der Waals surface area contributed by atoms with Gasteiger partial charge in [0.2, 0.25) is 18.3 Å². The third-order valence-corrected chi connectivity index (χ3v) is 6.67. The maximum absolute atomic E-state index is 14.3. The van der Waals surface area contributed by atoms with Crippen molar-refractivity contribution in [2.24, 2.45) is 0 Å². The van der Waals surface area contributed by atoms with Gasteiger partial charge in [-0.05, 0) is 66.1 Å². The number of allylic oxidation sites excluding steroid dienone is 1. The minimum atomic E-state index is -0.716. The molecule has 0 spiro atoms. The molecular weight excluding hydrogens is 532 g/mol. The van der Waals surface area contributed by atoms with Crippen molar-refractivity contribution in [2.75, 3.05) is 49.5 Å². The van der Waals surface area contributed by atoms with E-state index in [-0.39, 0.29) is 30.1 Å². The normalized spacial score (nSPS) is 12.3. The second kappa shape index (κ2) is 12.5. The first-order chi connectivity index (χ1) is 19.8. The minimum Gasteiger partial charge on any atom is -0.496 e. The van der Waals surface area contributed by atoms with Crippen LogP contribution in [-0.2, 0) is 16.0 Å². The zero-order valence-corrected chi connectivity index (χ0v) is 24.0. The summed E-state index contributed by atoms with van der Waals surface area (Å²) >= 11 is 0. The predicted molar refractivity (Wildman–Crippen MR) is 150 cm³/mol. The van der Waals surface area contributed by atoms with E-state index in [1.165, 1.54) is 35.5 Å². The summed E-state index contributed by atoms with van der Waals surface area (Å²) in [5.41, 5.74) is 2.31. The summed E-state index contributed by atoms with van der Waals surface area (Å²) < 4.78 is 43.7. The summed E-state index contributed by atoms with van der Waals surface area (Å²) in [7, 11) is 8.80. The number of rotatable bonds is 11. The lowest BCUT2D eigenvalue weighted by Gasteiger charge is -2.18. The summed E-state index contributed by atoms with van der Waals surface area (Å²) in [5, 5.41) is 0. The van der Waals surface area contributed by atoms with Crippen LogP contribution in [0.5, 0.6) is 40.2 Å². The van der Waals surface area contributed by atoms with E-state index in [0.29, 0.717) is 56.9 Å². The molecule has 0 saturated heterocycles. The van der Waals surface area contributed by atoms with E-state index in [2.05, 4.69) is 0 Å². The Hall–Kier alpha value is -4.86. The molecule has 0 fully saturated rings. The molecule has 216 valence electrons. The Labute approximate surface area is 238 Å². The van der Waals surface area contributed by atoms with E-state index in [9.17, 15) is 9.59 Å². The predicted octanol–water partition coefficient (Wildman–Crippen LogP) is 4.82. The smallest absolute Gasteiger partial charge is 0.338 e. The third kappa shape index (κ3) is 5.72. The van der Waals surface area contributed by atoms with Crippen molar-refractivity contribution >= 4 is 17.3 Å². The topological polar surface area (TPSA) is 108 Å². The zero-order valence-electron chi connectivity index (χ0n) is 24.0. The highest BCUT2D eigenvalue weighted by Gasteiger charge is 2.29. The number of benzene rings is 3. The van der Waals surface area contributed by atoms with Crippen molar-refractivity contribution in [3.8, 4) is 40.2 Å². The largest absolute Gasteiger partial charge is 0.496 e. The summed E-state index contributed by atoms with van der Waals surface area (Å²) in [6, 6.07) is 11.8. The Kier molecular flexibility index (Phi) is 8.91. The number of ketones is 1. The van der Waals surface area contributed by atoms with Crippen molar-refractivity contribution in [3.05, 3.63) is 70.3 Å². The highest BCUT2D eigenvalue weighted by Crippen LogP contribution is 2.45. The van der Waals surface area contributed by atoms with Crippen LogP contribution >= 0.6 is 0 Å². The Bertz CT molecular complexity index is 1480. The van der Waals surface area contributed by atoms with Gasteiger partial charge in [-0.15, -0.1) is 0 Å². The second-order valence-electron chi connectivity index (χ2n) is 8.98. The molecule has 0 bridgehead atoms. The van der Waals surface area contributed by atoms with Crippen LogP contribution in [0.1, 0.15) is 27.0 Å². The van der Waals surface area contributed by atoms with Gasteiger partial charge in [0, 0.05) is 17.6 Å². The average Bonchev–Trinajstić information content (AvgIpc) is 3.48. The summed E-state index contributed by atoms with van der Waals surface area (Å²) in [6.45, 7) is 1.83. The van der Waals surface area contributed by atoms with Crippen LogP contribution in [0.2, 0.25) is 0 Å². The number of carbonyl (C=O) groups is 2. The van der Waals surface area contributed by atoms with Gasteiger partial charge in [-0.3, -0.25) is 4.79 Å². The molecule has 0 aliphatic carbocycles. The summed E-state index contributed by atoms with van der Waals surface area (Å²) in [6.07, 6.45) is 0.0157. The molecule has 0 amide bonds. The van der Waals surface area contributed by atoms with E-state index in [1.54, 1.807) is 49.6 Å². The van der Waals surface area contributed by atoms with E-state index in [0.717, 1.165) is 5.56 Å². The first kappa shape index (κ1) is 29.1. The number of methoxy groups -OCH3 is 6. The highest BCUT2D eigenvalue weighted by molar-refractivity contribution is 6.27. The van der Waals surface area contributed by atoms with E-state index >= 15 is 0 Å². The monoisotopic (exact) mass is 564 g/mol. The summed E-state index contributed by atoms with van der Waals surface area (Å²) in [4.78, 5) is 27.7. The fourth-order valence-electron chi connectivity index (χ4n) is 4.71. The first-order valence-electron chi connectivity index (χ1n) is 12.6. The molecule has 41 heavy (non-hydrogen) atoms. The number of Topliss-reactive ketones (excluding diaryl/α,β-unsaturated/α-hetero) is 1. The number of carbonyl (C=O) groups excluding carboxylic acids is 2. The number of hydrogen-bond donors (Lipinski definition) is 0. The Balaban J connectivity index is 2.00. The molecule has 4 rings (SSSR count). The lowest BCUT2D eigenvalue weighted by atomic mass is 9.88. The van der Waals surface area contributed by atoms with Crippen LogP contribution in [0.4, 0.5) is 0 Å². The van der Waals surface area contributed by atoms with Gasteiger partial charge >= 0.3 is 5.97 Å². The number of hydrogen-bond acceptors (Lipinski definition) is 10. The van der Waals surface area contributed by atoms with Crippen molar-refractivity contribution in [2.45, 2.75) is 13.3 Å². The molecular formula is C31H32O10. The number of esters is 1. The quantitative estimate of drug-likeness (QED) is 0.183. The summed E-state index contributed by atoms with van der Waals surface area (Å²) in [5.74, 6) is 1.85. The molecule has 0 saturated carbocycles. The molecule has 1 heterocycles. The second-order valence-corrected chi connectivity index (χ2v) is 8.98. The van der Waals surface area contributed by atoms with Gasteiger partial charge in [-0.2, -0.15) is 0 Å². The molecule has 0 N–H and O–H groups in total. The molecule has 3 aromatic carbocycles. The van der Waals surface area contributed by atoms with Crippen LogP contribution in [0.15, 0.2) is 48.0 Å². The Morgan fingerprint density at radius 3 is 1.95 bits per heavy atom.